The predicted octanol–water partition coefficient (Wildman–Crippen LogP) is 4.10. The van der Waals surface area contributed by atoms with Gasteiger partial charge in [-0.25, -0.2) is 17.9 Å². The van der Waals surface area contributed by atoms with E-state index in [0.29, 0.717) is 23.6 Å². The Hall–Kier alpha value is -3.56. The Kier molecular flexibility index (Phi) is 8.14. The van der Waals surface area contributed by atoms with Crippen LogP contribution in [0, 0.1) is 0 Å². The van der Waals surface area contributed by atoms with Crippen molar-refractivity contribution in [2.75, 3.05) is 26.1 Å². The molecule has 0 aromatic heterocycles. The quantitative estimate of drug-likeness (QED) is 0.375. The molecule has 0 radical (unpaired) electrons. The molecule has 0 saturated carbocycles. The van der Waals surface area contributed by atoms with E-state index in [1.54, 1.807) is 19.2 Å². The lowest BCUT2D eigenvalue weighted by atomic mass is 10.1. The van der Waals surface area contributed by atoms with Gasteiger partial charge in [0.25, 0.3) is 0 Å². The summed E-state index contributed by atoms with van der Waals surface area (Å²) in [7, 11) is -0.836. The number of methoxy groups -OCH3 is 2. The molecule has 0 spiro atoms. The highest BCUT2D eigenvalue weighted by Gasteiger charge is 2.20. The van der Waals surface area contributed by atoms with Gasteiger partial charge in [0.2, 0.25) is 10.0 Å². The third kappa shape index (κ3) is 6.06. The fourth-order valence-corrected chi connectivity index (χ4v) is 4.56. The molecule has 1 atom stereocenters. The summed E-state index contributed by atoms with van der Waals surface area (Å²) in [5, 5.41) is 12.8. The monoisotopic (exact) mass is 484 g/mol. The lowest BCUT2D eigenvalue weighted by Crippen LogP contribution is -2.26. The molecule has 3 aromatic rings. The van der Waals surface area contributed by atoms with Crippen molar-refractivity contribution in [2.45, 2.75) is 24.3 Å². The van der Waals surface area contributed by atoms with Gasteiger partial charge in [0.15, 0.2) is 11.5 Å². The van der Waals surface area contributed by atoms with Gasteiger partial charge in [-0.15, -0.1) is 0 Å². The predicted molar refractivity (Wildman–Crippen MR) is 130 cm³/mol. The Labute approximate surface area is 199 Å². The number of sulfonamides is 1. The molecule has 0 aliphatic heterocycles. The minimum Gasteiger partial charge on any atom is -0.493 e. The number of aromatic carboxylic acids is 1. The average molecular weight is 485 g/mol. The third-order valence-electron chi connectivity index (χ3n) is 5.36. The number of anilines is 1. The maximum atomic E-state index is 12.8. The molecular formula is C25H28N2O6S. The molecule has 0 fully saturated rings. The van der Waals surface area contributed by atoms with Gasteiger partial charge in [-0.3, -0.25) is 0 Å². The van der Waals surface area contributed by atoms with Crippen molar-refractivity contribution in [3.05, 3.63) is 83.4 Å². The van der Waals surface area contributed by atoms with Crippen LogP contribution in [0.1, 0.15) is 34.5 Å². The van der Waals surface area contributed by atoms with Gasteiger partial charge < -0.3 is 19.9 Å². The standard InChI is InChI=1S/C25H28N2O6S/c1-17(19-7-5-4-6-8-19)27-22-11-10-20(16-21(22)25(28)29)34(30,31)26-14-13-18-9-12-23(32-2)24(15-18)33-3/h4-12,15-17,26-27H,13-14H2,1-3H3,(H,28,29)/t17-/m1/s1. The molecule has 180 valence electrons. The molecule has 0 amide bonds. The van der Waals surface area contributed by atoms with Crippen molar-refractivity contribution >= 4 is 21.7 Å². The maximum absolute atomic E-state index is 12.8. The zero-order valence-corrected chi connectivity index (χ0v) is 20.1. The molecule has 0 heterocycles. The number of rotatable bonds is 11. The van der Waals surface area contributed by atoms with Crippen LogP contribution in [0.25, 0.3) is 0 Å². The topological polar surface area (TPSA) is 114 Å². The van der Waals surface area contributed by atoms with Crippen LogP contribution in [-0.2, 0) is 16.4 Å². The van der Waals surface area contributed by atoms with E-state index in [9.17, 15) is 18.3 Å². The molecule has 0 bridgehead atoms. The number of hydrogen-bond acceptors (Lipinski definition) is 6. The first-order chi connectivity index (χ1) is 16.2. The van der Waals surface area contributed by atoms with Crippen LogP contribution in [0.15, 0.2) is 71.6 Å². The largest absolute Gasteiger partial charge is 0.493 e. The summed E-state index contributed by atoms with van der Waals surface area (Å²) in [5.41, 5.74) is 2.06. The Morgan fingerprint density at radius 2 is 1.68 bits per heavy atom. The van der Waals surface area contributed by atoms with Crippen molar-refractivity contribution in [3.63, 3.8) is 0 Å². The van der Waals surface area contributed by atoms with Crippen LogP contribution >= 0.6 is 0 Å². The fourth-order valence-electron chi connectivity index (χ4n) is 3.50. The summed E-state index contributed by atoms with van der Waals surface area (Å²) < 4.78 is 38.6. The van der Waals surface area contributed by atoms with E-state index in [4.69, 9.17) is 9.47 Å². The van der Waals surface area contributed by atoms with E-state index >= 15 is 0 Å². The van der Waals surface area contributed by atoms with Crippen LogP contribution in [0.3, 0.4) is 0 Å². The lowest BCUT2D eigenvalue weighted by molar-refractivity contribution is 0.0697. The number of carbonyl (C=O) groups is 1. The highest BCUT2D eigenvalue weighted by molar-refractivity contribution is 7.89. The van der Waals surface area contributed by atoms with Crippen molar-refractivity contribution in [3.8, 4) is 11.5 Å². The van der Waals surface area contributed by atoms with E-state index in [2.05, 4.69) is 10.0 Å². The molecule has 9 heteroatoms. The third-order valence-corrected chi connectivity index (χ3v) is 6.82. The highest BCUT2D eigenvalue weighted by Crippen LogP contribution is 2.28. The minimum atomic E-state index is -3.91. The molecule has 34 heavy (non-hydrogen) atoms. The first-order valence-corrected chi connectivity index (χ1v) is 12.1. The van der Waals surface area contributed by atoms with Crippen molar-refractivity contribution < 1.29 is 27.8 Å². The molecule has 0 saturated heterocycles. The van der Waals surface area contributed by atoms with Gasteiger partial charge in [-0.2, -0.15) is 0 Å². The summed E-state index contributed by atoms with van der Waals surface area (Å²) in [5.74, 6) is -0.0739. The molecular weight excluding hydrogens is 456 g/mol. The number of benzene rings is 3. The number of ether oxygens (including phenoxy) is 2. The maximum Gasteiger partial charge on any atom is 0.337 e. The molecule has 3 rings (SSSR count). The number of hydrogen-bond donors (Lipinski definition) is 3. The van der Waals surface area contributed by atoms with Crippen molar-refractivity contribution in [2.24, 2.45) is 0 Å². The van der Waals surface area contributed by atoms with Gasteiger partial charge in [-0.05, 0) is 54.8 Å². The van der Waals surface area contributed by atoms with Crippen molar-refractivity contribution in [1.29, 1.82) is 0 Å². The first kappa shape index (κ1) is 25.1. The molecule has 3 aromatic carbocycles. The van der Waals surface area contributed by atoms with E-state index in [1.165, 1.54) is 25.3 Å². The van der Waals surface area contributed by atoms with Crippen LogP contribution in [-0.4, -0.2) is 40.3 Å². The summed E-state index contributed by atoms with van der Waals surface area (Å²) in [6.07, 6.45) is 0.416. The van der Waals surface area contributed by atoms with Gasteiger partial charge in [0.05, 0.1) is 24.7 Å². The SMILES string of the molecule is COc1ccc(CCNS(=O)(=O)c2ccc(N[C@H](C)c3ccccc3)c(C(=O)O)c2)cc1OC. The summed E-state index contributed by atoms with van der Waals surface area (Å²) >= 11 is 0. The number of carboxylic acids is 1. The second-order valence-electron chi connectivity index (χ2n) is 7.63. The zero-order valence-electron chi connectivity index (χ0n) is 19.2. The summed E-state index contributed by atoms with van der Waals surface area (Å²) in [6, 6.07) is 18.8. The van der Waals surface area contributed by atoms with E-state index in [-0.39, 0.29) is 23.0 Å². The Balaban J connectivity index is 1.73. The smallest absolute Gasteiger partial charge is 0.337 e. The van der Waals surface area contributed by atoms with Crippen LogP contribution in [0.2, 0.25) is 0 Å². The van der Waals surface area contributed by atoms with E-state index in [0.717, 1.165) is 11.1 Å². The first-order valence-electron chi connectivity index (χ1n) is 10.6. The van der Waals surface area contributed by atoms with Crippen LogP contribution < -0.4 is 19.5 Å². The van der Waals surface area contributed by atoms with Crippen molar-refractivity contribution in [1.82, 2.24) is 4.72 Å². The van der Waals surface area contributed by atoms with Gasteiger partial charge in [0.1, 0.15) is 0 Å². The van der Waals surface area contributed by atoms with E-state index < -0.39 is 16.0 Å². The molecule has 0 aliphatic carbocycles. The highest BCUT2D eigenvalue weighted by atomic mass is 32.2. The second-order valence-corrected chi connectivity index (χ2v) is 9.39. The average Bonchev–Trinajstić information content (AvgIpc) is 2.84. The van der Waals surface area contributed by atoms with Gasteiger partial charge >= 0.3 is 5.97 Å². The number of carboxylic acid groups (broad SMARTS) is 1. The number of nitrogens with one attached hydrogen (secondary N) is 2. The Morgan fingerprint density at radius 3 is 2.32 bits per heavy atom. The summed E-state index contributed by atoms with van der Waals surface area (Å²) in [4.78, 5) is 11.7. The zero-order chi connectivity index (χ0) is 24.7. The second kappa shape index (κ2) is 11.0. The minimum absolute atomic E-state index is 0.116. The molecule has 0 aliphatic rings. The molecule has 0 unspecified atom stereocenters. The fraction of sp³-hybridized carbons (Fsp3) is 0.240. The Bertz CT molecular complexity index is 1250. The van der Waals surface area contributed by atoms with Gasteiger partial charge in [0, 0.05) is 18.3 Å². The van der Waals surface area contributed by atoms with Crippen LogP contribution in [0.5, 0.6) is 11.5 Å². The lowest BCUT2D eigenvalue weighted by Gasteiger charge is -2.18. The Morgan fingerprint density at radius 1 is 0.971 bits per heavy atom. The molecule has 8 nitrogen and oxygen atoms in total. The van der Waals surface area contributed by atoms with Gasteiger partial charge in [-0.1, -0.05) is 36.4 Å². The summed E-state index contributed by atoms with van der Waals surface area (Å²) in [6.45, 7) is 2.03. The molecule has 3 N–H and O–H groups in total. The van der Waals surface area contributed by atoms with Crippen LogP contribution in [0.4, 0.5) is 5.69 Å². The van der Waals surface area contributed by atoms with E-state index in [1.807, 2.05) is 43.3 Å². The normalized spacial score (nSPS) is 12.1.